The van der Waals surface area contributed by atoms with Crippen LogP contribution in [0.25, 0.3) is 0 Å². The molecule has 0 aliphatic rings. The minimum atomic E-state index is -3.45. The lowest BCUT2D eigenvalue weighted by Crippen LogP contribution is -2.24. The Hall–Kier alpha value is -1.11. The molecule has 0 bridgehead atoms. The number of sulfonamides is 1. The fourth-order valence-corrected chi connectivity index (χ4v) is 2.36. The van der Waals surface area contributed by atoms with Crippen LogP contribution >= 0.6 is 0 Å². The molecule has 0 saturated heterocycles. The number of aliphatic hydroxyl groups excluding tert-OH is 1. The molecule has 0 aromatic heterocycles. The van der Waals surface area contributed by atoms with E-state index < -0.39 is 10.0 Å². The highest BCUT2D eigenvalue weighted by Crippen LogP contribution is 2.15. The van der Waals surface area contributed by atoms with Gasteiger partial charge in [-0.1, -0.05) is 0 Å². The number of unbranched alkanes of at least 4 members (excludes halogenated alkanes) is 1. The van der Waals surface area contributed by atoms with Crippen molar-refractivity contribution in [1.82, 2.24) is 4.72 Å². The van der Waals surface area contributed by atoms with Crippen LogP contribution in [0.2, 0.25) is 0 Å². The second-order valence-corrected chi connectivity index (χ2v) is 5.27. The Balaban J connectivity index is 2.62. The first-order chi connectivity index (χ1) is 8.10. The van der Waals surface area contributed by atoms with Gasteiger partial charge in [0.2, 0.25) is 10.0 Å². The van der Waals surface area contributed by atoms with E-state index in [1.54, 1.807) is 12.1 Å². The van der Waals surface area contributed by atoms with Gasteiger partial charge in [-0.05, 0) is 37.1 Å². The number of hydrogen-bond acceptors (Lipinski definition) is 4. The van der Waals surface area contributed by atoms with Gasteiger partial charge < -0.3 is 9.84 Å². The minimum Gasteiger partial charge on any atom is -0.497 e. The van der Waals surface area contributed by atoms with Crippen molar-refractivity contribution in [3.05, 3.63) is 24.3 Å². The molecule has 0 amide bonds. The Morgan fingerprint density at radius 2 is 1.88 bits per heavy atom. The molecule has 0 aliphatic carbocycles. The van der Waals surface area contributed by atoms with E-state index in [1.807, 2.05) is 0 Å². The maximum absolute atomic E-state index is 11.8. The molecule has 0 spiro atoms. The lowest BCUT2D eigenvalue weighted by molar-refractivity contribution is 0.285. The Morgan fingerprint density at radius 1 is 1.24 bits per heavy atom. The molecule has 0 aliphatic heterocycles. The first-order valence-corrected chi connectivity index (χ1v) is 6.83. The summed E-state index contributed by atoms with van der Waals surface area (Å²) >= 11 is 0. The minimum absolute atomic E-state index is 0.0737. The molecule has 0 fully saturated rings. The van der Waals surface area contributed by atoms with Crippen LogP contribution in [0.1, 0.15) is 12.8 Å². The van der Waals surface area contributed by atoms with Crippen molar-refractivity contribution in [3.63, 3.8) is 0 Å². The fraction of sp³-hybridized carbons (Fsp3) is 0.455. The molecular weight excluding hydrogens is 242 g/mol. The van der Waals surface area contributed by atoms with E-state index in [1.165, 1.54) is 19.2 Å². The molecule has 1 aromatic carbocycles. The van der Waals surface area contributed by atoms with Gasteiger partial charge in [-0.2, -0.15) is 0 Å². The first-order valence-electron chi connectivity index (χ1n) is 5.35. The third-order valence-corrected chi connectivity index (χ3v) is 3.72. The van der Waals surface area contributed by atoms with Gasteiger partial charge in [0.1, 0.15) is 5.75 Å². The molecule has 0 unspecified atom stereocenters. The van der Waals surface area contributed by atoms with Gasteiger partial charge in [-0.25, -0.2) is 13.1 Å². The number of rotatable bonds is 7. The summed E-state index contributed by atoms with van der Waals surface area (Å²) in [7, 11) is -1.93. The zero-order valence-corrected chi connectivity index (χ0v) is 10.5. The van der Waals surface area contributed by atoms with Gasteiger partial charge in [0.05, 0.1) is 12.0 Å². The van der Waals surface area contributed by atoms with Crippen molar-refractivity contribution in [1.29, 1.82) is 0 Å². The summed E-state index contributed by atoms with van der Waals surface area (Å²) in [4.78, 5) is 0.210. The molecule has 0 atom stereocenters. The molecule has 1 aromatic rings. The molecule has 1 rings (SSSR count). The predicted octanol–water partition coefficient (Wildman–Crippen LogP) is 0.746. The van der Waals surface area contributed by atoms with E-state index >= 15 is 0 Å². The molecule has 0 heterocycles. The lowest BCUT2D eigenvalue weighted by atomic mass is 10.3. The molecule has 0 radical (unpaired) electrons. The monoisotopic (exact) mass is 259 g/mol. The number of benzene rings is 1. The summed E-state index contributed by atoms with van der Waals surface area (Å²) in [6.45, 7) is 0.402. The molecular formula is C11H17NO4S. The molecule has 5 nitrogen and oxygen atoms in total. The number of methoxy groups -OCH3 is 1. The molecule has 6 heteroatoms. The van der Waals surface area contributed by atoms with Crippen LogP contribution in [0.3, 0.4) is 0 Å². The summed E-state index contributed by atoms with van der Waals surface area (Å²) in [6.07, 6.45) is 1.21. The van der Waals surface area contributed by atoms with Gasteiger partial charge in [0.15, 0.2) is 0 Å². The van der Waals surface area contributed by atoms with Crippen molar-refractivity contribution in [2.45, 2.75) is 17.7 Å². The number of nitrogens with one attached hydrogen (secondary N) is 1. The maximum Gasteiger partial charge on any atom is 0.240 e. The van der Waals surface area contributed by atoms with Gasteiger partial charge in [0.25, 0.3) is 0 Å². The number of hydrogen-bond donors (Lipinski definition) is 2. The van der Waals surface area contributed by atoms with E-state index in [-0.39, 0.29) is 11.5 Å². The van der Waals surface area contributed by atoms with Gasteiger partial charge in [-0.15, -0.1) is 0 Å². The Morgan fingerprint density at radius 3 is 2.41 bits per heavy atom. The van der Waals surface area contributed by atoms with Crippen molar-refractivity contribution in [3.8, 4) is 5.75 Å². The number of aliphatic hydroxyl groups is 1. The molecule has 17 heavy (non-hydrogen) atoms. The third-order valence-electron chi connectivity index (χ3n) is 2.25. The maximum atomic E-state index is 11.8. The summed E-state index contributed by atoms with van der Waals surface area (Å²) in [6, 6.07) is 6.19. The zero-order chi connectivity index (χ0) is 12.7. The predicted molar refractivity (Wildman–Crippen MR) is 64.5 cm³/mol. The van der Waals surface area contributed by atoms with Gasteiger partial charge in [0, 0.05) is 13.2 Å². The normalized spacial score (nSPS) is 11.4. The second kappa shape index (κ2) is 6.58. The van der Waals surface area contributed by atoms with E-state index in [4.69, 9.17) is 9.84 Å². The smallest absolute Gasteiger partial charge is 0.240 e. The van der Waals surface area contributed by atoms with Crippen molar-refractivity contribution >= 4 is 10.0 Å². The van der Waals surface area contributed by atoms with E-state index in [0.29, 0.717) is 25.1 Å². The van der Waals surface area contributed by atoms with Crippen LogP contribution in [0.5, 0.6) is 5.75 Å². The molecule has 96 valence electrons. The highest BCUT2D eigenvalue weighted by atomic mass is 32.2. The second-order valence-electron chi connectivity index (χ2n) is 3.50. The summed E-state index contributed by atoms with van der Waals surface area (Å²) < 4.78 is 31.0. The summed E-state index contributed by atoms with van der Waals surface area (Å²) in [5.74, 6) is 0.615. The van der Waals surface area contributed by atoms with Crippen LogP contribution in [-0.4, -0.2) is 33.8 Å². The highest BCUT2D eigenvalue weighted by Gasteiger charge is 2.12. The van der Waals surface area contributed by atoms with Crippen molar-refractivity contribution < 1.29 is 18.3 Å². The topological polar surface area (TPSA) is 75.6 Å². The van der Waals surface area contributed by atoms with Gasteiger partial charge >= 0.3 is 0 Å². The Labute approximate surface area is 101 Å². The quantitative estimate of drug-likeness (QED) is 0.708. The van der Waals surface area contributed by atoms with E-state index in [9.17, 15) is 8.42 Å². The molecule has 2 N–H and O–H groups in total. The Bertz CT molecular complexity index is 427. The third kappa shape index (κ3) is 4.33. The zero-order valence-electron chi connectivity index (χ0n) is 9.72. The standard InChI is InChI=1S/C11H17NO4S/c1-16-10-4-6-11(7-5-10)17(14,15)12-8-2-3-9-13/h4-7,12-13H,2-3,8-9H2,1H3. The van der Waals surface area contributed by atoms with Crippen LogP contribution in [0.15, 0.2) is 29.2 Å². The SMILES string of the molecule is COc1ccc(S(=O)(=O)NCCCCO)cc1. The van der Waals surface area contributed by atoms with E-state index in [2.05, 4.69) is 4.72 Å². The van der Waals surface area contributed by atoms with Crippen LogP contribution in [0, 0.1) is 0 Å². The summed E-state index contributed by atoms with van der Waals surface area (Å²) in [5, 5.41) is 8.58. The average Bonchev–Trinajstić information content (AvgIpc) is 2.35. The fourth-order valence-electron chi connectivity index (χ4n) is 1.28. The largest absolute Gasteiger partial charge is 0.497 e. The Kier molecular flexibility index (Phi) is 5.40. The lowest BCUT2D eigenvalue weighted by Gasteiger charge is -2.07. The van der Waals surface area contributed by atoms with Crippen molar-refractivity contribution in [2.24, 2.45) is 0 Å². The average molecular weight is 259 g/mol. The van der Waals surface area contributed by atoms with Crippen LogP contribution in [-0.2, 0) is 10.0 Å². The van der Waals surface area contributed by atoms with Crippen LogP contribution < -0.4 is 9.46 Å². The first kappa shape index (κ1) is 14.0. The van der Waals surface area contributed by atoms with Gasteiger partial charge in [-0.3, -0.25) is 0 Å². The highest BCUT2D eigenvalue weighted by molar-refractivity contribution is 7.89. The number of ether oxygens (including phenoxy) is 1. The van der Waals surface area contributed by atoms with Crippen LogP contribution in [0.4, 0.5) is 0 Å². The summed E-state index contributed by atoms with van der Waals surface area (Å²) in [5.41, 5.74) is 0. The van der Waals surface area contributed by atoms with Crippen molar-refractivity contribution in [2.75, 3.05) is 20.3 Å². The molecule has 0 saturated carbocycles. The van der Waals surface area contributed by atoms with E-state index in [0.717, 1.165) is 0 Å².